The average molecular weight is 247 g/mol. The smallest absolute Gasteiger partial charge is 0.230 e. The highest BCUT2D eigenvalue weighted by molar-refractivity contribution is 5.98. The second-order valence-corrected chi connectivity index (χ2v) is 4.30. The third-order valence-electron chi connectivity index (χ3n) is 3.19. The van der Waals surface area contributed by atoms with Gasteiger partial charge >= 0.3 is 0 Å². The molecule has 1 amide bonds. The first-order valence-electron chi connectivity index (χ1n) is 6.22. The van der Waals surface area contributed by atoms with Crippen molar-refractivity contribution >= 4 is 17.3 Å². The summed E-state index contributed by atoms with van der Waals surface area (Å²) in [4.78, 5) is 15.5. The molecule has 1 aromatic carbocycles. The van der Waals surface area contributed by atoms with Crippen molar-refractivity contribution < 1.29 is 9.53 Å². The summed E-state index contributed by atoms with van der Waals surface area (Å²) < 4.78 is 5.33. The van der Waals surface area contributed by atoms with Crippen molar-refractivity contribution in [3.63, 3.8) is 0 Å². The van der Waals surface area contributed by atoms with E-state index >= 15 is 0 Å². The van der Waals surface area contributed by atoms with Crippen LogP contribution in [0.15, 0.2) is 24.3 Å². The number of rotatable bonds is 3. The third kappa shape index (κ3) is 2.82. The van der Waals surface area contributed by atoms with Crippen LogP contribution in [0.4, 0.5) is 11.4 Å². The van der Waals surface area contributed by atoms with Crippen molar-refractivity contribution in [2.45, 2.75) is 6.92 Å². The van der Waals surface area contributed by atoms with Crippen LogP contribution in [0, 0.1) is 6.42 Å². The van der Waals surface area contributed by atoms with Gasteiger partial charge in [0.1, 0.15) is 0 Å². The molecule has 0 N–H and O–H groups in total. The van der Waals surface area contributed by atoms with E-state index in [0.29, 0.717) is 0 Å². The van der Waals surface area contributed by atoms with E-state index in [0.717, 1.165) is 32.0 Å². The molecule has 0 unspecified atom stereocenters. The van der Waals surface area contributed by atoms with E-state index in [4.69, 9.17) is 4.74 Å². The van der Waals surface area contributed by atoms with E-state index in [1.54, 1.807) is 25.3 Å². The molecule has 0 bridgehead atoms. The normalized spacial score (nSPS) is 15.6. The molecule has 4 heteroatoms. The first kappa shape index (κ1) is 12.9. The second-order valence-electron chi connectivity index (χ2n) is 4.30. The molecule has 97 valence electrons. The maximum Gasteiger partial charge on any atom is 0.230 e. The summed E-state index contributed by atoms with van der Waals surface area (Å²) in [5, 5.41) is 0. The molecule has 0 spiro atoms. The largest absolute Gasteiger partial charge is 0.378 e. The van der Waals surface area contributed by atoms with Gasteiger partial charge in [0.2, 0.25) is 5.91 Å². The molecule has 1 saturated heterocycles. The lowest BCUT2D eigenvalue weighted by atomic mass is 10.2. The predicted molar refractivity (Wildman–Crippen MR) is 72.9 cm³/mol. The lowest BCUT2D eigenvalue weighted by molar-refractivity contribution is -0.115. The Kier molecular flexibility index (Phi) is 4.20. The Bertz CT molecular complexity index is 397. The topological polar surface area (TPSA) is 32.8 Å². The molecule has 2 rings (SSSR count). The fourth-order valence-electron chi connectivity index (χ4n) is 2.03. The molecule has 1 heterocycles. The number of carbonyl (C=O) groups is 1. The molecule has 1 aliphatic heterocycles. The predicted octanol–water partition coefficient (Wildman–Crippen LogP) is 1.71. The maximum absolute atomic E-state index is 11.5. The minimum atomic E-state index is 0.00845. The molecule has 1 radical (unpaired) electrons. The number of benzene rings is 1. The van der Waals surface area contributed by atoms with Crippen LogP contribution in [0.2, 0.25) is 0 Å². The van der Waals surface area contributed by atoms with Crippen LogP contribution in [0.25, 0.3) is 0 Å². The molecule has 1 aromatic rings. The lowest BCUT2D eigenvalue weighted by Crippen LogP contribution is -2.36. The van der Waals surface area contributed by atoms with Gasteiger partial charge in [-0.25, -0.2) is 0 Å². The summed E-state index contributed by atoms with van der Waals surface area (Å²) in [6.45, 7) is 5.17. The van der Waals surface area contributed by atoms with E-state index in [1.807, 2.05) is 12.1 Å². The van der Waals surface area contributed by atoms with Gasteiger partial charge < -0.3 is 14.5 Å². The maximum atomic E-state index is 11.5. The van der Waals surface area contributed by atoms with Gasteiger partial charge in [0.05, 0.1) is 13.2 Å². The Morgan fingerprint density at radius 1 is 1.28 bits per heavy atom. The van der Waals surface area contributed by atoms with E-state index in [2.05, 4.69) is 17.0 Å². The molecule has 0 aromatic heterocycles. The molecule has 18 heavy (non-hydrogen) atoms. The Balaban J connectivity index is 2.07. The Labute approximate surface area is 108 Å². The van der Waals surface area contributed by atoms with Gasteiger partial charge in [-0.2, -0.15) is 0 Å². The van der Waals surface area contributed by atoms with Crippen LogP contribution in [0.1, 0.15) is 6.92 Å². The molecular weight excluding hydrogens is 228 g/mol. The summed E-state index contributed by atoms with van der Waals surface area (Å²) in [5.74, 6) is 0.00845. The minimum absolute atomic E-state index is 0.00845. The highest BCUT2D eigenvalue weighted by Gasteiger charge is 2.12. The van der Waals surface area contributed by atoms with Crippen LogP contribution >= 0.6 is 0 Å². The molecular formula is C14H19N2O2. The zero-order chi connectivity index (χ0) is 13.0. The van der Waals surface area contributed by atoms with E-state index in [1.165, 1.54) is 5.69 Å². The number of ether oxygens (including phenoxy) is 1. The summed E-state index contributed by atoms with van der Waals surface area (Å²) in [6, 6.07) is 8.07. The second kappa shape index (κ2) is 5.87. The van der Waals surface area contributed by atoms with Crippen LogP contribution in [0.5, 0.6) is 0 Å². The number of hydrogen-bond donors (Lipinski definition) is 0. The standard InChI is InChI=1S/C14H19N2O2/c1-3-14(17)15(2)12-4-6-13(7-5-12)16-8-10-18-11-9-16/h3-7H,8-11H2,1-2H3. The zero-order valence-corrected chi connectivity index (χ0v) is 10.9. The quantitative estimate of drug-likeness (QED) is 0.815. The van der Waals surface area contributed by atoms with Crippen molar-refractivity contribution in [1.29, 1.82) is 0 Å². The van der Waals surface area contributed by atoms with Gasteiger partial charge in [0, 0.05) is 37.9 Å². The molecule has 0 aliphatic carbocycles. The van der Waals surface area contributed by atoms with Gasteiger partial charge in [0.15, 0.2) is 0 Å². The summed E-state index contributed by atoms with van der Waals surface area (Å²) in [7, 11) is 1.78. The third-order valence-corrected chi connectivity index (χ3v) is 3.19. The first-order chi connectivity index (χ1) is 8.72. The fraction of sp³-hybridized carbons (Fsp3) is 0.429. The number of carbonyl (C=O) groups excluding carboxylic acids is 1. The number of amides is 1. The number of morpholine rings is 1. The van der Waals surface area contributed by atoms with Gasteiger partial charge in [-0.3, -0.25) is 4.79 Å². The Hall–Kier alpha value is -1.55. The first-order valence-corrected chi connectivity index (χ1v) is 6.22. The lowest BCUT2D eigenvalue weighted by Gasteiger charge is -2.29. The van der Waals surface area contributed by atoms with Gasteiger partial charge in [0.25, 0.3) is 0 Å². The minimum Gasteiger partial charge on any atom is -0.378 e. The molecule has 1 aliphatic rings. The van der Waals surface area contributed by atoms with Crippen molar-refractivity contribution in [1.82, 2.24) is 0 Å². The van der Waals surface area contributed by atoms with E-state index < -0.39 is 0 Å². The van der Waals surface area contributed by atoms with E-state index in [9.17, 15) is 4.79 Å². The molecule has 1 fully saturated rings. The summed E-state index contributed by atoms with van der Waals surface area (Å²) in [5.41, 5.74) is 2.10. The van der Waals surface area contributed by atoms with Crippen LogP contribution in [-0.2, 0) is 9.53 Å². The van der Waals surface area contributed by atoms with Gasteiger partial charge in [-0.05, 0) is 24.3 Å². The SMILES string of the molecule is C[CH]C(=O)N(C)c1ccc(N2CCOCC2)cc1. The molecule has 4 nitrogen and oxygen atoms in total. The highest BCUT2D eigenvalue weighted by Crippen LogP contribution is 2.21. The van der Waals surface area contributed by atoms with Crippen molar-refractivity contribution in [2.75, 3.05) is 43.2 Å². The fourth-order valence-corrected chi connectivity index (χ4v) is 2.03. The van der Waals surface area contributed by atoms with Crippen molar-refractivity contribution in [3.8, 4) is 0 Å². The highest BCUT2D eigenvalue weighted by atomic mass is 16.5. The van der Waals surface area contributed by atoms with Crippen molar-refractivity contribution in [2.24, 2.45) is 0 Å². The van der Waals surface area contributed by atoms with Gasteiger partial charge in [-0.1, -0.05) is 6.92 Å². The van der Waals surface area contributed by atoms with Crippen molar-refractivity contribution in [3.05, 3.63) is 30.7 Å². The Morgan fingerprint density at radius 2 is 1.89 bits per heavy atom. The summed E-state index contributed by atoms with van der Waals surface area (Å²) in [6.07, 6.45) is 1.57. The molecule has 0 saturated carbocycles. The van der Waals surface area contributed by atoms with E-state index in [-0.39, 0.29) is 5.91 Å². The van der Waals surface area contributed by atoms with Crippen LogP contribution in [0.3, 0.4) is 0 Å². The van der Waals surface area contributed by atoms with Crippen LogP contribution < -0.4 is 9.80 Å². The Morgan fingerprint density at radius 3 is 2.44 bits per heavy atom. The number of anilines is 2. The number of nitrogens with zero attached hydrogens (tertiary/aromatic N) is 2. The summed E-state index contributed by atoms with van der Waals surface area (Å²) >= 11 is 0. The number of hydrogen-bond acceptors (Lipinski definition) is 3. The van der Waals surface area contributed by atoms with Crippen LogP contribution in [-0.4, -0.2) is 39.3 Å². The monoisotopic (exact) mass is 247 g/mol. The zero-order valence-electron chi connectivity index (χ0n) is 10.9. The molecule has 0 atom stereocenters. The van der Waals surface area contributed by atoms with Gasteiger partial charge in [-0.15, -0.1) is 0 Å². The average Bonchev–Trinajstić information content (AvgIpc) is 2.47.